The molecule has 2 aromatic rings. The molecular formula is C13H10I2N2O2. The largest absolute Gasteiger partial charge is 0.478 e. The minimum atomic E-state index is -0.950. The number of hydrogen-bond acceptors (Lipinski definition) is 2. The first-order valence-electron chi connectivity index (χ1n) is 5.39. The van der Waals surface area contributed by atoms with Gasteiger partial charge in [-0.3, -0.25) is 4.57 Å². The van der Waals surface area contributed by atoms with Gasteiger partial charge in [-0.05, 0) is 75.4 Å². The van der Waals surface area contributed by atoms with Crippen molar-refractivity contribution in [1.29, 1.82) is 0 Å². The van der Waals surface area contributed by atoms with Gasteiger partial charge in [0, 0.05) is 6.08 Å². The Morgan fingerprint density at radius 3 is 2.74 bits per heavy atom. The smallest absolute Gasteiger partial charge is 0.328 e. The topological polar surface area (TPSA) is 55.1 Å². The van der Waals surface area contributed by atoms with E-state index in [1.54, 1.807) is 12.4 Å². The van der Waals surface area contributed by atoms with Crippen molar-refractivity contribution in [2.45, 2.75) is 6.92 Å². The predicted molar refractivity (Wildman–Crippen MR) is 90.4 cm³/mol. The van der Waals surface area contributed by atoms with E-state index in [0.717, 1.165) is 30.3 Å². The number of hydrogen-bond donors (Lipinski definition) is 1. The summed E-state index contributed by atoms with van der Waals surface area (Å²) in [6, 6.07) is 5.82. The highest BCUT2D eigenvalue weighted by molar-refractivity contribution is 14.1. The van der Waals surface area contributed by atoms with Crippen molar-refractivity contribution >= 4 is 57.2 Å². The number of nitrogens with zero attached hydrogens (tertiary/aromatic N) is 2. The fourth-order valence-electron chi connectivity index (χ4n) is 1.64. The van der Waals surface area contributed by atoms with Gasteiger partial charge in [0.25, 0.3) is 0 Å². The summed E-state index contributed by atoms with van der Waals surface area (Å²) >= 11 is 4.43. The van der Waals surface area contributed by atoms with E-state index < -0.39 is 5.97 Å². The van der Waals surface area contributed by atoms with Crippen molar-refractivity contribution < 1.29 is 9.90 Å². The number of imidazole rings is 1. The Balaban J connectivity index is 2.48. The van der Waals surface area contributed by atoms with Crippen LogP contribution in [0.2, 0.25) is 0 Å². The molecule has 0 radical (unpaired) electrons. The number of aryl methyl sites for hydroxylation is 1. The molecule has 0 atom stereocenters. The number of carboxylic acid groups (broad SMARTS) is 1. The van der Waals surface area contributed by atoms with E-state index >= 15 is 0 Å². The molecule has 19 heavy (non-hydrogen) atoms. The molecule has 0 fully saturated rings. The summed E-state index contributed by atoms with van der Waals surface area (Å²) in [5.74, 6) is -0.950. The van der Waals surface area contributed by atoms with E-state index in [9.17, 15) is 4.79 Å². The van der Waals surface area contributed by atoms with Gasteiger partial charge in [0.05, 0.1) is 5.69 Å². The first-order valence-corrected chi connectivity index (χ1v) is 7.55. The molecule has 98 valence electrons. The van der Waals surface area contributed by atoms with Crippen LogP contribution in [-0.4, -0.2) is 20.6 Å². The van der Waals surface area contributed by atoms with Gasteiger partial charge in [0.2, 0.25) is 0 Å². The summed E-state index contributed by atoms with van der Waals surface area (Å²) in [7, 11) is 0. The first kappa shape index (κ1) is 14.5. The molecule has 0 unspecified atom stereocenters. The third-order valence-corrected chi connectivity index (χ3v) is 5.43. The molecule has 0 bridgehead atoms. The van der Waals surface area contributed by atoms with E-state index in [0.29, 0.717) is 0 Å². The van der Waals surface area contributed by atoms with Gasteiger partial charge >= 0.3 is 5.97 Å². The Kier molecular flexibility index (Phi) is 4.61. The quantitative estimate of drug-likeness (QED) is 0.541. The number of aromatic nitrogens is 2. The molecule has 1 aromatic heterocycles. The van der Waals surface area contributed by atoms with Crippen LogP contribution in [0, 0.1) is 14.3 Å². The average Bonchev–Trinajstić information content (AvgIpc) is 2.69. The van der Waals surface area contributed by atoms with Crippen LogP contribution in [0.25, 0.3) is 11.8 Å². The lowest BCUT2D eigenvalue weighted by atomic mass is 10.1. The van der Waals surface area contributed by atoms with Gasteiger partial charge in [-0.25, -0.2) is 9.78 Å². The lowest BCUT2D eigenvalue weighted by molar-refractivity contribution is -0.131. The highest BCUT2D eigenvalue weighted by Crippen LogP contribution is 2.22. The van der Waals surface area contributed by atoms with E-state index in [4.69, 9.17) is 5.11 Å². The SMILES string of the molecule is Cc1ccc(/C=C/C(=O)O)cc1-n1cnc(I)c1I. The third kappa shape index (κ3) is 3.35. The molecule has 0 saturated heterocycles. The zero-order valence-corrected chi connectivity index (χ0v) is 14.3. The van der Waals surface area contributed by atoms with Crippen molar-refractivity contribution in [3.8, 4) is 5.69 Å². The number of rotatable bonds is 3. The molecule has 1 heterocycles. The zero-order chi connectivity index (χ0) is 14.0. The second kappa shape index (κ2) is 6.04. The predicted octanol–water partition coefficient (Wildman–Crippen LogP) is 3.49. The summed E-state index contributed by atoms with van der Waals surface area (Å²) in [6.45, 7) is 2.02. The van der Waals surface area contributed by atoms with Crippen LogP contribution in [0.5, 0.6) is 0 Å². The monoisotopic (exact) mass is 480 g/mol. The number of carbonyl (C=O) groups is 1. The molecule has 6 heteroatoms. The Morgan fingerprint density at radius 1 is 1.42 bits per heavy atom. The summed E-state index contributed by atoms with van der Waals surface area (Å²) in [5, 5.41) is 8.66. The lowest BCUT2D eigenvalue weighted by Crippen LogP contribution is -1.99. The number of halogens is 2. The molecule has 4 nitrogen and oxygen atoms in total. The van der Waals surface area contributed by atoms with E-state index in [2.05, 4.69) is 50.2 Å². The lowest BCUT2D eigenvalue weighted by Gasteiger charge is -2.09. The first-order chi connectivity index (χ1) is 8.99. The van der Waals surface area contributed by atoms with Gasteiger partial charge in [-0.15, -0.1) is 0 Å². The van der Waals surface area contributed by atoms with Crippen LogP contribution in [0.3, 0.4) is 0 Å². The zero-order valence-electron chi connectivity index (χ0n) is 9.97. The molecule has 0 saturated carbocycles. The van der Waals surface area contributed by atoms with Crippen molar-refractivity contribution in [3.63, 3.8) is 0 Å². The standard InChI is InChI=1S/C13H10I2N2O2/c1-8-2-3-9(4-5-11(18)19)6-10(8)17-7-16-12(14)13(17)15/h2-7H,1H3,(H,18,19)/b5-4+. The minimum Gasteiger partial charge on any atom is -0.478 e. The third-order valence-electron chi connectivity index (χ3n) is 2.58. The number of carboxylic acids is 1. The van der Waals surface area contributed by atoms with Crippen LogP contribution in [0.4, 0.5) is 0 Å². The summed E-state index contributed by atoms with van der Waals surface area (Å²) < 4.78 is 3.99. The molecule has 0 aliphatic rings. The molecular weight excluding hydrogens is 470 g/mol. The Hall–Kier alpha value is -0.900. The van der Waals surface area contributed by atoms with Gasteiger partial charge in [-0.1, -0.05) is 12.1 Å². The molecule has 0 aliphatic carbocycles. The Morgan fingerprint density at radius 2 is 2.16 bits per heavy atom. The summed E-state index contributed by atoms with van der Waals surface area (Å²) in [4.78, 5) is 14.8. The van der Waals surface area contributed by atoms with E-state index in [1.807, 2.05) is 29.7 Å². The number of benzene rings is 1. The molecule has 1 aromatic carbocycles. The van der Waals surface area contributed by atoms with E-state index in [-0.39, 0.29) is 0 Å². The summed E-state index contributed by atoms with van der Waals surface area (Å²) in [5.41, 5.74) is 2.97. The number of aliphatic carboxylic acids is 1. The summed E-state index contributed by atoms with van der Waals surface area (Å²) in [6.07, 6.45) is 4.49. The van der Waals surface area contributed by atoms with Crippen LogP contribution >= 0.6 is 45.2 Å². The highest BCUT2D eigenvalue weighted by Gasteiger charge is 2.09. The average molecular weight is 480 g/mol. The van der Waals surface area contributed by atoms with Crippen molar-refractivity contribution in [3.05, 3.63) is 49.1 Å². The fourth-order valence-corrected chi connectivity index (χ4v) is 2.55. The second-order valence-electron chi connectivity index (χ2n) is 3.91. The molecule has 0 amide bonds. The highest BCUT2D eigenvalue weighted by atomic mass is 127. The van der Waals surface area contributed by atoms with Crippen LogP contribution in [-0.2, 0) is 4.79 Å². The molecule has 1 N–H and O–H groups in total. The maximum atomic E-state index is 10.5. The van der Waals surface area contributed by atoms with Gasteiger partial charge in [-0.2, -0.15) is 0 Å². The maximum Gasteiger partial charge on any atom is 0.328 e. The van der Waals surface area contributed by atoms with Crippen molar-refractivity contribution in [1.82, 2.24) is 9.55 Å². The van der Waals surface area contributed by atoms with Gasteiger partial charge < -0.3 is 5.11 Å². The maximum absolute atomic E-state index is 10.5. The van der Waals surface area contributed by atoms with Crippen LogP contribution < -0.4 is 0 Å². The Labute approximate surface area is 137 Å². The van der Waals surface area contributed by atoms with Crippen molar-refractivity contribution in [2.75, 3.05) is 0 Å². The Bertz CT molecular complexity index is 663. The normalized spacial score (nSPS) is 11.1. The second-order valence-corrected chi connectivity index (χ2v) is 5.96. The van der Waals surface area contributed by atoms with Crippen LogP contribution in [0.15, 0.2) is 30.6 Å². The molecule has 2 rings (SSSR count). The van der Waals surface area contributed by atoms with Gasteiger partial charge in [0.15, 0.2) is 0 Å². The van der Waals surface area contributed by atoms with Crippen molar-refractivity contribution in [2.24, 2.45) is 0 Å². The molecule has 0 aliphatic heterocycles. The van der Waals surface area contributed by atoms with Gasteiger partial charge in [0.1, 0.15) is 13.7 Å². The molecule has 0 spiro atoms. The van der Waals surface area contributed by atoms with E-state index in [1.165, 1.54) is 0 Å². The fraction of sp³-hybridized carbons (Fsp3) is 0.0769. The van der Waals surface area contributed by atoms with Crippen LogP contribution in [0.1, 0.15) is 11.1 Å². The minimum absolute atomic E-state index is 0.850.